The summed E-state index contributed by atoms with van der Waals surface area (Å²) in [6.45, 7) is 2.06. The zero-order valence-electron chi connectivity index (χ0n) is 14.2. The Balaban J connectivity index is 1.99. The molecule has 0 saturated carbocycles. The van der Waals surface area contributed by atoms with Crippen molar-refractivity contribution >= 4 is 5.91 Å². The molecule has 0 aliphatic carbocycles. The number of pyridine rings is 1. The molecule has 0 unspecified atom stereocenters. The van der Waals surface area contributed by atoms with E-state index in [1.807, 2.05) is 0 Å². The van der Waals surface area contributed by atoms with Crippen molar-refractivity contribution in [2.45, 2.75) is 37.8 Å². The van der Waals surface area contributed by atoms with Crippen LogP contribution < -0.4 is 0 Å². The fourth-order valence-corrected chi connectivity index (χ4v) is 3.10. The van der Waals surface area contributed by atoms with E-state index >= 15 is 0 Å². The maximum Gasteiger partial charge on any atom is 0.222 e. The van der Waals surface area contributed by atoms with Gasteiger partial charge in [-0.3, -0.25) is 14.7 Å². The van der Waals surface area contributed by atoms with Crippen LogP contribution in [0.2, 0.25) is 0 Å². The first-order chi connectivity index (χ1) is 11.0. The number of carbonyl (C=O) groups is 1. The van der Waals surface area contributed by atoms with E-state index in [1.54, 1.807) is 38.4 Å². The van der Waals surface area contributed by atoms with Crippen molar-refractivity contribution in [3.05, 3.63) is 29.8 Å². The average Bonchev–Trinajstić information content (AvgIpc) is 2.55. The normalized spacial score (nSPS) is 22.1. The quantitative estimate of drug-likeness (QED) is 0.804. The maximum absolute atomic E-state index is 13.8. The molecule has 1 aliphatic rings. The summed E-state index contributed by atoms with van der Waals surface area (Å²) >= 11 is 0. The first kappa shape index (κ1) is 17.8. The molecule has 0 spiro atoms. The molecule has 128 valence electrons. The molecule has 0 N–H and O–H groups in total. The number of hydrogen-bond donors (Lipinski definition) is 0. The second kappa shape index (κ2) is 7.84. The highest BCUT2D eigenvalue weighted by atomic mass is 19.1. The second-order valence-corrected chi connectivity index (χ2v) is 6.42. The molecular weight excluding hydrogens is 297 g/mol. The SMILES string of the molecule is CO[C@]1(CCC(=O)N(C)C)CCCN(Cc2ncccc2F)C1. The summed E-state index contributed by atoms with van der Waals surface area (Å²) in [7, 11) is 5.22. The lowest BCUT2D eigenvalue weighted by atomic mass is 9.87. The number of halogens is 1. The van der Waals surface area contributed by atoms with Gasteiger partial charge in [-0.15, -0.1) is 0 Å². The van der Waals surface area contributed by atoms with E-state index in [4.69, 9.17) is 4.74 Å². The van der Waals surface area contributed by atoms with Gasteiger partial charge in [0.2, 0.25) is 5.91 Å². The smallest absolute Gasteiger partial charge is 0.222 e. The minimum Gasteiger partial charge on any atom is -0.377 e. The third-order valence-corrected chi connectivity index (χ3v) is 4.55. The molecule has 2 rings (SSSR count). The molecule has 0 radical (unpaired) electrons. The number of nitrogens with zero attached hydrogens (tertiary/aromatic N) is 3. The van der Waals surface area contributed by atoms with Gasteiger partial charge in [-0.1, -0.05) is 0 Å². The first-order valence-electron chi connectivity index (χ1n) is 8.03. The summed E-state index contributed by atoms with van der Waals surface area (Å²) in [6, 6.07) is 3.03. The number of carbonyl (C=O) groups excluding carboxylic acids is 1. The summed E-state index contributed by atoms with van der Waals surface area (Å²) in [6.07, 6.45) is 4.65. The standard InChI is InChI=1S/C17H26FN3O2/c1-20(2)16(22)7-9-17(23-3)8-5-11-21(13-17)12-15-14(18)6-4-10-19-15/h4,6,10H,5,7-9,11-13H2,1-3H3/t17-/m0/s1. The maximum atomic E-state index is 13.8. The van der Waals surface area contributed by atoms with Crippen LogP contribution in [0.3, 0.4) is 0 Å². The Bertz CT molecular complexity index is 538. The van der Waals surface area contributed by atoms with E-state index in [9.17, 15) is 9.18 Å². The third-order valence-electron chi connectivity index (χ3n) is 4.55. The molecule has 1 aliphatic heterocycles. The van der Waals surface area contributed by atoms with Crippen LogP contribution in [0.4, 0.5) is 4.39 Å². The van der Waals surface area contributed by atoms with Crippen molar-refractivity contribution in [2.24, 2.45) is 0 Å². The minimum absolute atomic E-state index is 0.106. The van der Waals surface area contributed by atoms with Gasteiger partial charge < -0.3 is 9.64 Å². The molecule has 0 bridgehead atoms. The summed E-state index contributed by atoms with van der Waals surface area (Å²) in [5, 5.41) is 0. The van der Waals surface area contributed by atoms with Crippen LogP contribution in [-0.2, 0) is 16.1 Å². The fraction of sp³-hybridized carbons (Fsp3) is 0.647. The van der Waals surface area contributed by atoms with E-state index in [0.717, 1.165) is 19.4 Å². The van der Waals surface area contributed by atoms with E-state index in [1.165, 1.54) is 6.07 Å². The number of amides is 1. The van der Waals surface area contributed by atoms with Crippen LogP contribution in [0.1, 0.15) is 31.4 Å². The molecule has 5 nitrogen and oxygen atoms in total. The number of hydrogen-bond acceptors (Lipinski definition) is 4. The van der Waals surface area contributed by atoms with Gasteiger partial charge in [0.15, 0.2) is 0 Å². The predicted molar refractivity (Wildman–Crippen MR) is 86.4 cm³/mol. The van der Waals surface area contributed by atoms with Crippen LogP contribution in [-0.4, -0.2) is 60.6 Å². The predicted octanol–water partition coefficient (Wildman–Crippen LogP) is 2.07. The lowest BCUT2D eigenvalue weighted by Gasteiger charge is -2.42. The van der Waals surface area contributed by atoms with Gasteiger partial charge in [0.1, 0.15) is 5.82 Å². The van der Waals surface area contributed by atoms with Crippen LogP contribution in [0.5, 0.6) is 0 Å². The zero-order valence-corrected chi connectivity index (χ0v) is 14.2. The summed E-state index contributed by atoms with van der Waals surface area (Å²) in [5.41, 5.74) is 0.124. The molecule has 1 atom stereocenters. The van der Waals surface area contributed by atoms with E-state index < -0.39 is 0 Å². The molecule has 1 amide bonds. The van der Waals surface area contributed by atoms with Crippen LogP contribution in [0.25, 0.3) is 0 Å². The van der Waals surface area contributed by atoms with Gasteiger partial charge in [0, 0.05) is 46.9 Å². The van der Waals surface area contributed by atoms with Crippen molar-refractivity contribution in [2.75, 3.05) is 34.3 Å². The highest BCUT2D eigenvalue weighted by Gasteiger charge is 2.36. The number of rotatable bonds is 6. The highest BCUT2D eigenvalue weighted by molar-refractivity contribution is 5.75. The molecular formula is C17H26FN3O2. The summed E-state index contributed by atoms with van der Waals surface area (Å²) < 4.78 is 19.6. The molecule has 0 aromatic carbocycles. The molecule has 23 heavy (non-hydrogen) atoms. The monoisotopic (exact) mass is 323 g/mol. The summed E-state index contributed by atoms with van der Waals surface area (Å²) in [5.74, 6) is -0.168. The zero-order chi connectivity index (χ0) is 16.9. The molecule has 1 aromatic heterocycles. The minimum atomic E-state index is -0.338. The molecule has 2 heterocycles. The van der Waals surface area contributed by atoms with Crippen molar-refractivity contribution in [3.8, 4) is 0 Å². The van der Waals surface area contributed by atoms with Crippen molar-refractivity contribution < 1.29 is 13.9 Å². The first-order valence-corrected chi connectivity index (χ1v) is 8.03. The van der Waals surface area contributed by atoms with Gasteiger partial charge in [-0.2, -0.15) is 0 Å². The van der Waals surface area contributed by atoms with Gasteiger partial charge in [-0.05, 0) is 37.9 Å². The lowest BCUT2D eigenvalue weighted by molar-refractivity contribution is -0.132. The number of piperidine rings is 1. The van der Waals surface area contributed by atoms with Gasteiger partial charge in [0.25, 0.3) is 0 Å². The highest BCUT2D eigenvalue weighted by Crippen LogP contribution is 2.30. The largest absolute Gasteiger partial charge is 0.377 e. The number of ether oxygens (including phenoxy) is 1. The van der Waals surface area contributed by atoms with Crippen molar-refractivity contribution in [1.82, 2.24) is 14.8 Å². The third kappa shape index (κ3) is 4.72. The Kier molecular flexibility index (Phi) is 6.07. The van der Waals surface area contributed by atoms with Crippen LogP contribution >= 0.6 is 0 Å². The molecule has 1 saturated heterocycles. The fourth-order valence-electron chi connectivity index (χ4n) is 3.10. The molecule has 1 aromatic rings. The average molecular weight is 323 g/mol. The Morgan fingerprint density at radius 1 is 1.52 bits per heavy atom. The topological polar surface area (TPSA) is 45.7 Å². The number of aromatic nitrogens is 1. The Hall–Kier alpha value is -1.53. The van der Waals surface area contributed by atoms with Gasteiger partial charge in [-0.25, -0.2) is 4.39 Å². The Morgan fingerprint density at radius 2 is 2.30 bits per heavy atom. The second-order valence-electron chi connectivity index (χ2n) is 6.42. The van der Waals surface area contributed by atoms with E-state index in [2.05, 4.69) is 9.88 Å². The van der Waals surface area contributed by atoms with E-state index in [0.29, 0.717) is 31.6 Å². The Labute approximate surface area is 137 Å². The van der Waals surface area contributed by atoms with Crippen LogP contribution in [0.15, 0.2) is 18.3 Å². The van der Waals surface area contributed by atoms with Gasteiger partial charge >= 0.3 is 0 Å². The lowest BCUT2D eigenvalue weighted by Crippen LogP contribution is -2.49. The van der Waals surface area contributed by atoms with E-state index in [-0.39, 0.29) is 17.3 Å². The van der Waals surface area contributed by atoms with Crippen LogP contribution in [0, 0.1) is 5.82 Å². The van der Waals surface area contributed by atoms with Gasteiger partial charge in [0.05, 0.1) is 11.3 Å². The number of methoxy groups -OCH3 is 1. The van der Waals surface area contributed by atoms with Crippen molar-refractivity contribution in [1.29, 1.82) is 0 Å². The molecule has 6 heteroatoms. The van der Waals surface area contributed by atoms with Crippen molar-refractivity contribution in [3.63, 3.8) is 0 Å². The number of likely N-dealkylation sites (tertiary alicyclic amines) is 1. The summed E-state index contributed by atoms with van der Waals surface area (Å²) in [4.78, 5) is 19.8. The Morgan fingerprint density at radius 3 is 2.96 bits per heavy atom. The molecule has 1 fully saturated rings.